The van der Waals surface area contributed by atoms with Crippen molar-refractivity contribution in [3.63, 3.8) is 0 Å². The lowest BCUT2D eigenvalue weighted by molar-refractivity contribution is -0.162. The molecule has 0 spiro atoms. The monoisotopic (exact) mass is 835 g/mol. The maximum atomic E-state index is 12.7. The molecule has 0 aliphatic carbocycles. The molecule has 0 N–H and O–H groups in total. The number of rotatable bonds is 45. The van der Waals surface area contributed by atoms with Gasteiger partial charge in [-0.05, 0) is 77.0 Å². The van der Waals surface area contributed by atoms with Crippen LogP contribution in [0.1, 0.15) is 226 Å². The number of esters is 2. The van der Waals surface area contributed by atoms with Gasteiger partial charge >= 0.3 is 11.9 Å². The molecule has 0 aliphatic heterocycles. The number of hydrogen-bond acceptors (Lipinski definition) is 5. The molecule has 344 valence electrons. The molecule has 0 fully saturated rings. The van der Waals surface area contributed by atoms with Gasteiger partial charge in [0, 0.05) is 13.0 Å². The quantitative estimate of drug-likeness (QED) is 0.0347. The third kappa shape index (κ3) is 47.8. The first-order valence-corrected chi connectivity index (χ1v) is 25.1. The second kappa shape index (κ2) is 50.4. The lowest BCUT2D eigenvalue weighted by Crippen LogP contribution is -2.29. The van der Waals surface area contributed by atoms with Crippen LogP contribution in [0.25, 0.3) is 0 Å². The minimum atomic E-state index is -0.592. The normalized spacial score (nSPS) is 12.9. The van der Waals surface area contributed by atoms with Gasteiger partial charge in [-0.25, -0.2) is 0 Å². The highest BCUT2D eigenvalue weighted by Gasteiger charge is 2.17. The van der Waals surface area contributed by atoms with Crippen molar-refractivity contribution in [2.45, 2.75) is 232 Å². The Balaban J connectivity index is 4.32. The van der Waals surface area contributed by atoms with Crippen LogP contribution in [0.15, 0.2) is 85.1 Å². The van der Waals surface area contributed by atoms with Crippen molar-refractivity contribution >= 4 is 11.9 Å². The highest BCUT2D eigenvalue weighted by atomic mass is 16.6. The van der Waals surface area contributed by atoms with E-state index in [0.29, 0.717) is 13.0 Å². The minimum absolute atomic E-state index is 0.0419. The van der Waals surface area contributed by atoms with Crippen LogP contribution in [0.5, 0.6) is 0 Å². The van der Waals surface area contributed by atoms with Gasteiger partial charge in [0.1, 0.15) is 6.61 Å². The zero-order valence-corrected chi connectivity index (χ0v) is 39.5. The maximum Gasteiger partial charge on any atom is 0.310 e. The van der Waals surface area contributed by atoms with Gasteiger partial charge in [-0.15, -0.1) is 0 Å². The van der Waals surface area contributed by atoms with Crippen molar-refractivity contribution in [2.75, 3.05) is 19.8 Å². The summed E-state index contributed by atoms with van der Waals surface area (Å²) in [5.74, 6) is -0.547. The summed E-state index contributed by atoms with van der Waals surface area (Å²) in [6.07, 6.45) is 66.1. The van der Waals surface area contributed by atoms with Crippen molar-refractivity contribution in [3.05, 3.63) is 85.1 Å². The molecule has 5 nitrogen and oxygen atoms in total. The molecule has 0 aromatic carbocycles. The average molecular weight is 835 g/mol. The summed E-state index contributed by atoms with van der Waals surface area (Å²) in [4.78, 5) is 25.3. The smallest absolute Gasteiger partial charge is 0.310 e. The fourth-order valence-electron chi connectivity index (χ4n) is 6.73. The third-order valence-corrected chi connectivity index (χ3v) is 10.4. The zero-order chi connectivity index (χ0) is 43.5. The first-order chi connectivity index (χ1) is 29.6. The lowest BCUT2D eigenvalue weighted by Gasteiger charge is -2.18. The Kier molecular flexibility index (Phi) is 48.0. The van der Waals surface area contributed by atoms with Crippen molar-refractivity contribution in [3.8, 4) is 0 Å². The maximum absolute atomic E-state index is 12.7. The van der Waals surface area contributed by atoms with Crippen LogP contribution in [0.4, 0.5) is 0 Å². The molecular formula is C55H94O5. The molecule has 0 aliphatic rings. The third-order valence-electron chi connectivity index (χ3n) is 10.4. The van der Waals surface area contributed by atoms with E-state index in [9.17, 15) is 9.59 Å². The molecule has 0 aromatic rings. The van der Waals surface area contributed by atoms with Crippen LogP contribution in [-0.2, 0) is 23.8 Å². The Morgan fingerprint density at radius 2 is 0.800 bits per heavy atom. The Labute approximate surface area is 371 Å². The second-order valence-electron chi connectivity index (χ2n) is 16.4. The molecule has 0 bridgehead atoms. The van der Waals surface area contributed by atoms with Gasteiger partial charge in [-0.2, -0.15) is 0 Å². The molecule has 0 amide bonds. The van der Waals surface area contributed by atoms with Crippen LogP contribution in [0, 0.1) is 0 Å². The van der Waals surface area contributed by atoms with Gasteiger partial charge in [0.25, 0.3) is 0 Å². The van der Waals surface area contributed by atoms with Crippen LogP contribution in [-0.4, -0.2) is 37.9 Å². The van der Waals surface area contributed by atoms with Gasteiger partial charge in [0.2, 0.25) is 0 Å². The average Bonchev–Trinajstić information content (AvgIpc) is 3.25. The predicted octanol–water partition coefficient (Wildman–Crippen LogP) is 16.9. The van der Waals surface area contributed by atoms with E-state index in [1.807, 2.05) is 12.2 Å². The molecule has 0 radical (unpaired) electrons. The van der Waals surface area contributed by atoms with E-state index < -0.39 is 6.10 Å². The van der Waals surface area contributed by atoms with Gasteiger partial charge in [-0.1, -0.05) is 221 Å². The van der Waals surface area contributed by atoms with Crippen molar-refractivity contribution in [1.82, 2.24) is 0 Å². The van der Waals surface area contributed by atoms with Gasteiger partial charge in [0.05, 0.1) is 13.0 Å². The molecule has 0 aromatic heterocycles. The Morgan fingerprint density at radius 1 is 0.400 bits per heavy atom. The zero-order valence-electron chi connectivity index (χ0n) is 39.5. The lowest BCUT2D eigenvalue weighted by atomic mass is 10.1. The van der Waals surface area contributed by atoms with Gasteiger partial charge in [-0.3, -0.25) is 9.59 Å². The number of hydrogen-bond donors (Lipinski definition) is 0. The van der Waals surface area contributed by atoms with Crippen molar-refractivity contribution < 1.29 is 23.8 Å². The summed E-state index contributed by atoms with van der Waals surface area (Å²) in [5, 5.41) is 0. The van der Waals surface area contributed by atoms with Crippen LogP contribution >= 0.6 is 0 Å². The van der Waals surface area contributed by atoms with E-state index in [2.05, 4.69) is 93.7 Å². The number of ether oxygens (including phenoxy) is 3. The van der Waals surface area contributed by atoms with E-state index in [1.54, 1.807) is 0 Å². The molecule has 0 saturated heterocycles. The summed E-state index contributed by atoms with van der Waals surface area (Å²) in [7, 11) is 0. The molecular weight excluding hydrogens is 741 g/mol. The van der Waals surface area contributed by atoms with Crippen molar-refractivity contribution in [2.24, 2.45) is 0 Å². The molecule has 0 heterocycles. The number of allylic oxidation sites excluding steroid dienone is 13. The molecule has 0 saturated carbocycles. The minimum Gasteiger partial charge on any atom is -0.462 e. The summed E-state index contributed by atoms with van der Waals surface area (Å²) < 4.78 is 17.2. The molecule has 1 atom stereocenters. The molecule has 0 rings (SSSR count). The van der Waals surface area contributed by atoms with Gasteiger partial charge in [0.15, 0.2) is 6.10 Å². The van der Waals surface area contributed by atoms with E-state index in [4.69, 9.17) is 14.2 Å². The first-order valence-electron chi connectivity index (χ1n) is 25.1. The Bertz CT molecular complexity index is 1130. The summed E-state index contributed by atoms with van der Waals surface area (Å²) in [5.41, 5.74) is 0. The highest BCUT2D eigenvalue weighted by Crippen LogP contribution is 2.14. The van der Waals surface area contributed by atoms with Gasteiger partial charge < -0.3 is 14.2 Å². The fraction of sp³-hybridized carbons (Fsp3) is 0.709. The highest BCUT2D eigenvalue weighted by molar-refractivity contribution is 5.71. The first kappa shape index (κ1) is 57.1. The summed E-state index contributed by atoms with van der Waals surface area (Å²) >= 11 is 0. The van der Waals surface area contributed by atoms with E-state index in [-0.39, 0.29) is 31.6 Å². The Morgan fingerprint density at radius 3 is 1.32 bits per heavy atom. The molecule has 1 unspecified atom stereocenters. The van der Waals surface area contributed by atoms with E-state index in [1.165, 1.54) is 122 Å². The van der Waals surface area contributed by atoms with Crippen LogP contribution < -0.4 is 0 Å². The SMILES string of the molecule is CC/C=C\C/C=C\C/C=C\C/C=C\C/C=C\CC(=O)OC(COCCCCCCCCCCCC)COC(=O)CCCCCCCCCCC/C=C\C/C=C\CCCCC. The topological polar surface area (TPSA) is 61.8 Å². The van der Waals surface area contributed by atoms with E-state index >= 15 is 0 Å². The van der Waals surface area contributed by atoms with E-state index in [0.717, 1.165) is 70.6 Å². The number of unbranched alkanes of at least 4 members (excludes halogenated alkanes) is 21. The number of carbonyl (C=O) groups excluding carboxylic acids is 2. The standard InChI is InChI=1S/C55H94O5/c1-4-7-10-13-16-19-22-24-26-27-28-29-31-32-34-36-39-42-45-48-54(56)59-52-53(51-58-50-47-44-41-38-21-18-15-12-9-6-3)60-55(57)49-46-43-40-37-35-33-30-25-23-20-17-14-11-8-5-2/h8,11,16-17,19-20,24-26,30,35,37,43,46,53H,4-7,9-10,12-15,18,21-23,27-29,31-34,36,38-42,44-45,47-52H2,1-3H3/b11-8-,19-16-,20-17-,26-24-,30-25-,37-35-,46-43-. The van der Waals surface area contributed by atoms with Crippen molar-refractivity contribution in [1.29, 1.82) is 0 Å². The second-order valence-corrected chi connectivity index (χ2v) is 16.4. The molecule has 60 heavy (non-hydrogen) atoms. The summed E-state index contributed by atoms with van der Waals surface area (Å²) in [6.45, 7) is 7.58. The number of carbonyl (C=O) groups is 2. The summed E-state index contributed by atoms with van der Waals surface area (Å²) in [6, 6.07) is 0. The largest absolute Gasteiger partial charge is 0.462 e. The fourth-order valence-corrected chi connectivity index (χ4v) is 6.73. The van der Waals surface area contributed by atoms with Crippen LogP contribution in [0.2, 0.25) is 0 Å². The van der Waals surface area contributed by atoms with Crippen LogP contribution in [0.3, 0.4) is 0 Å². The molecule has 5 heteroatoms. The Hall–Kier alpha value is -2.92. The predicted molar refractivity (Wildman–Crippen MR) is 260 cm³/mol.